The lowest BCUT2D eigenvalue weighted by atomic mass is 9.90. The zero-order chi connectivity index (χ0) is 27.6. The number of aliphatic hydroxyl groups is 1. The van der Waals surface area contributed by atoms with Crippen molar-refractivity contribution in [2.75, 3.05) is 20.8 Å². The first-order valence-electron chi connectivity index (χ1n) is 13.2. The molecule has 0 saturated carbocycles. The maximum absolute atomic E-state index is 13.9. The molecule has 0 saturated heterocycles. The summed E-state index contributed by atoms with van der Waals surface area (Å²) in [4.78, 5) is 17.2. The highest BCUT2D eigenvalue weighted by atomic mass is 16.5. The largest absolute Gasteiger partial charge is 0.493 e. The van der Waals surface area contributed by atoms with Crippen molar-refractivity contribution < 1.29 is 24.1 Å². The van der Waals surface area contributed by atoms with E-state index in [1.165, 1.54) is 0 Å². The molecule has 1 amide bonds. The number of ether oxygens (including phenoxy) is 3. The molecule has 3 N–H and O–H groups in total. The molecule has 1 aliphatic rings. The molecular weight excluding hydrogens is 504 g/mol. The van der Waals surface area contributed by atoms with Gasteiger partial charge in [0.1, 0.15) is 12.4 Å². The number of amides is 1. The van der Waals surface area contributed by atoms with Crippen LogP contribution in [0.1, 0.15) is 21.5 Å². The van der Waals surface area contributed by atoms with Gasteiger partial charge in [0.15, 0.2) is 11.5 Å². The second kappa shape index (κ2) is 10.8. The lowest BCUT2D eigenvalue weighted by Gasteiger charge is -2.25. The van der Waals surface area contributed by atoms with Crippen LogP contribution in [0.25, 0.3) is 33.2 Å². The number of nitrogens with one attached hydrogen (secondary N) is 2. The highest BCUT2D eigenvalue weighted by Crippen LogP contribution is 2.45. The number of aromatic nitrogens is 1. The van der Waals surface area contributed by atoms with E-state index >= 15 is 0 Å². The van der Waals surface area contributed by atoms with Crippen LogP contribution in [0, 0.1) is 0 Å². The van der Waals surface area contributed by atoms with E-state index in [4.69, 9.17) is 14.2 Å². The van der Waals surface area contributed by atoms with Crippen LogP contribution in [0.5, 0.6) is 17.2 Å². The van der Waals surface area contributed by atoms with Crippen molar-refractivity contribution in [1.29, 1.82) is 0 Å². The van der Waals surface area contributed by atoms with Gasteiger partial charge in [-0.1, -0.05) is 48.5 Å². The van der Waals surface area contributed by atoms with Gasteiger partial charge in [-0.25, -0.2) is 0 Å². The highest BCUT2D eigenvalue weighted by molar-refractivity contribution is 6.03. The van der Waals surface area contributed by atoms with Gasteiger partial charge in [-0.3, -0.25) is 4.79 Å². The Morgan fingerprint density at radius 2 is 1.70 bits per heavy atom. The van der Waals surface area contributed by atoms with E-state index in [0.29, 0.717) is 35.8 Å². The standard InChI is InChI=1S/C33H30N2O5/c1-38-31-13-22-19-40-30-15-25(20-8-4-3-5-9-20)28(14-27(30)26(22)16-32(31)39-2)33(37)35-23(18-36)12-21-17-34-29-11-7-6-10-24(21)29/h3-11,13-17,23,34,36H,12,18-19H2,1-2H3,(H,35,37). The van der Waals surface area contributed by atoms with Crippen LogP contribution < -0.4 is 19.5 Å². The van der Waals surface area contributed by atoms with Gasteiger partial charge >= 0.3 is 0 Å². The topological polar surface area (TPSA) is 92.8 Å². The Kier molecular flexibility index (Phi) is 6.88. The van der Waals surface area contributed by atoms with Gasteiger partial charge in [0.2, 0.25) is 0 Å². The van der Waals surface area contributed by atoms with Gasteiger partial charge in [0, 0.05) is 33.8 Å². The van der Waals surface area contributed by atoms with Crippen LogP contribution in [-0.4, -0.2) is 42.9 Å². The molecule has 0 spiro atoms. The van der Waals surface area contributed by atoms with Crippen LogP contribution in [0.3, 0.4) is 0 Å². The first-order valence-corrected chi connectivity index (χ1v) is 13.2. The average molecular weight is 535 g/mol. The number of methoxy groups -OCH3 is 2. The summed E-state index contributed by atoms with van der Waals surface area (Å²) in [7, 11) is 3.20. The molecule has 7 nitrogen and oxygen atoms in total. The summed E-state index contributed by atoms with van der Waals surface area (Å²) in [6.07, 6.45) is 2.42. The number of carbonyl (C=O) groups is 1. The van der Waals surface area contributed by atoms with Crippen molar-refractivity contribution >= 4 is 16.8 Å². The molecule has 1 unspecified atom stereocenters. The smallest absolute Gasteiger partial charge is 0.252 e. The third-order valence-corrected chi connectivity index (χ3v) is 7.43. The lowest BCUT2D eigenvalue weighted by molar-refractivity contribution is 0.0917. The van der Waals surface area contributed by atoms with Crippen molar-refractivity contribution in [2.24, 2.45) is 0 Å². The summed E-state index contributed by atoms with van der Waals surface area (Å²) in [6, 6.07) is 24.9. The number of aliphatic hydroxyl groups excluding tert-OH is 1. The maximum atomic E-state index is 13.9. The second-order valence-electron chi connectivity index (χ2n) is 9.83. The van der Waals surface area contributed by atoms with Crippen LogP contribution in [0.15, 0.2) is 85.1 Å². The average Bonchev–Trinajstić information content (AvgIpc) is 3.42. The van der Waals surface area contributed by atoms with E-state index < -0.39 is 6.04 Å². The first-order chi connectivity index (χ1) is 19.6. The summed E-state index contributed by atoms with van der Waals surface area (Å²) in [6.45, 7) is 0.180. The number of fused-ring (bicyclic) bond motifs is 4. The fourth-order valence-electron chi connectivity index (χ4n) is 5.39. The minimum atomic E-state index is -0.473. The van der Waals surface area contributed by atoms with Gasteiger partial charge < -0.3 is 29.6 Å². The number of para-hydroxylation sites is 1. The van der Waals surface area contributed by atoms with Crippen LogP contribution in [-0.2, 0) is 13.0 Å². The molecule has 2 heterocycles. The molecule has 0 radical (unpaired) electrons. The monoisotopic (exact) mass is 534 g/mol. The summed E-state index contributed by atoms with van der Waals surface area (Å²) < 4.78 is 17.2. The van der Waals surface area contributed by atoms with Crippen molar-refractivity contribution in [3.8, 4) is 39.5 Å². The van der Waals surface area contributed by atoms with E-state index in [1.54, 1.807) is 14.2 Å². The highest BCUT2D eigenvalue weighted by Gasteiger charge is 2.26. The van der Waals surface area contributed by atoms with Crippen LogP contribution in [0.4, 0.5) is 0 Å². The molecule has 1 atom stereocenters. The van der Waals surface area contributed by atoms with Crippen LogP contribution in [0.2, 0.25) is 0 Å². The molecule has 0 aliphatic carbocycles. The van der Waals surface area contributed by atoms with E-state index in [-0.39, 0.29) is 12.5 Å². The Morgan fingerprint density at radius 1 is 0.950 bits per heavy atom. The number of benzene rings is 4. The number of carbonyl (C=O) groups excluding carboxylic acids is 1. The summed E-state index contributed by atoms with van der Waals surface area (Å²) in [5.74, 6) is 1.64. The summed E-state index contributed by atoms with van der Waals surface area (Å²) in [5.41, 5.74) is 6.86. The maximum Gasteiger partial charge on any atom is 0.252 e. The van der Waals surface area contributed by atoms with Gasteiger partial charge in [-0.2, -0.15) is 0 Å². The molecule has 1 aliphatic heterocycles. The summed E-state index contributed by atoms with van der Waals surface area (Å²) >= 11 is 0. The molecule has 0 bridgehead atoms. The quantitative estimate of drug-likeness (QED) is 0.236. The second-order valence-corrected chi connectivity index (χ2v) is 9.83. The van der Waals surface area contributed by atoms with Gasteiger partial charge in [-0.05, 0) is 59.0 Å². The Morgan fingerprint density at radius 3 is 2.48 bits per heavy atom. The van der Waals surface area contributed by atoms with E-state index in [9.17, 15) is 9.90 Å². The zero-order valence-electron chi connectivity index (χ0n) is 22.4. The number of hydrogen-bond donors (Lipinski definition) is 3. The Bertz CT molecular complexity index is 1690. The van der Waals surface area contributed by atoms with Gasteiger partial charge in [-0.15, -0.1) is 0 Å². The van der Waals surface area contributed by atoms with Crippen molar-refractivity contribution in [3.63, 3.8) is 0 Å². The third kappa shape index (κ3) is 4.65. The SMILES string of the molecule is COc1cc2c(cc1OC)-c1cc(C(=O)NC(CO)Cc3c[nH]c4ccccc34)c(-c3ccccc3)cc1OC2. The van der Waals surface area contributed by atoms with Crippen molar-refractivity contribution in [1.82, 2.24) is 10.3 Å². The van der Waals surface area contributed by atoms with Gasteiger partial charge in [0.05, 0.1) is 26.9 Å². The Hall–Kier alpha value is -4.75. The summed E-state index contributed by atoms with van der Waals surface area (Å²) in [5, 5.41) is 14.4. The molecule has 7 heteroatoms. The Labute approximate surface area is 232 Å². The first kappa shape index (κ1) is 25.5. The number of aromatic amines is 1. The molecule has 0 fully saturated rings. The molecule has 1 aromatic heterocycles. The van der Waals surface area contributed by atoms with Crippen molar-refractivity contribution in [3.05, 3.63) is 102 Å². The predicted molar refractivity (Wildman–Crippen MR) is 155 cm³/mol. The zero-order valence-corrected chi connectivity index (χ0v) is 22.4. The number of H-pyrrole nitrogens is 1. The molecule has 5 aromatic rings. The molecule has 6 rings (SSSR count). The van der Waals surface area contributed by atoms with Gasteiger partial charge in [0.25, 0.3) is 5.91 Å². The predicted octanol–water partition coefficient (Wildman–Crippen LogP) is 5.74. The number of hydrogen-bond acceptors (Lipinski definition) is 5. The third-order valence-electron chi connectivity index (χ3n) is 7.43. The normalized spacial score (nSPS) is 12.7. The molecule has 40 heavy (non-hydrogen) atoms. The fourth-order valence-corrected chi connectivity index (χ4v) is 5.39. The number of rotatable bonds is 8. The van der Waals surface area contributed by atoms with Crippen LogP contribution >= 0.6 is 0 Å². The Balaban J connectivity index is 1.40. The minimum Gasteiger partial charge on any atom is -0.493 e. The van der Waals surface area contributed by atoms with E-state index in [1.807, 2.05) is 85.1 Å². The fraction of sp³-hybridized carbons (Fsp3) is 0.182. The molecular formula is C33H30N2O5. The lowest BCUT2D eigenvalue weighted by Crippen LogP contribution is -2.39. The minimum absolute atomic E-state index is 0.195. The van der Waals surface area contributed by atoms with Crippen molar-refractivity contribution in [2.45, 2.75) is 19.1 Å². The van der Waals surface area contributed by atoms with E-state index in [0.717, 1.165) is 44.3 Å². The molecule has 4 aromatic carbocycles. The molecule has 202 valence electrons. The van der Waals surface area contributed by atoms with E-state index in [2.05, 4.69) is 10.3 Å².